The normalized spacial score (nSPS) is 9.88. The van der Waals surface area contributed by atoms with Crippen molar-refractivity contribution in [2.75, 3.05) is 18.1 Å². The lowest BCUT2D eigenvalue weighted by atomic mass is 10.5. The smallest absolute Gasteiger partial charge is 0.230 e. The SMILES string of the molecule is CCCNC(=O)CSc1nnc(SCC#N)s1. The summed E-state index contributed by atoms with van der Waals surface area (Å²) >= 11 is 4.14. The zero-order chi connectivity index (χ0) is 12.5. The van der Waals surface area contributed by atoms with Crippen LogP contribution >= 0.6 is 34.9 Å². The van der Waals surface area contributed by atoms with E-state index in [0.717, 1.165) is 15.1 Å². The second-order valence-corrected chi connectivity index (χ2v) is 6.34. The van der Waals surface area contributed by atoms with E-state index in [-0.39, 0.29) is 5.91 Å². The van der Waals surface area contributed by atoms with Gasteiger partial charge < -0.3 is 5.32 Å². The van der Waals surface area contributed by atoms with Gasteiger partial charge in [-0.2, -0.15) is 5.26 Å². The zero-order valence-electron chi connectivity index (χ0n) is 9.30. The third-order valence-electron chi connectivity index (χ3n) is 1.55. The summed E-state index contributed by atoms with van der Waals surface area (Å²) in [6, 6.07) is 2.03. The molecular formula is C9H12N4OS3. The number of aromatic nitrogens is 2. The van der Waals surface area contributed by atoms with Crippen LogP contribution in [-0.2, 0) is 4.79 Å². The molecule has 0 aliphatic carbocycles. The maximum Gasteiger partial charge on any atom is 0.230 e. The van der Waals surface area contributed by atoms with Crippen LogP contribution in [0.3, 0.4) is 0 Å². The second-order valence-electron chi connectivity index (χ2n) is 2.92. The van der Waals surface area contributed by atoms with Gasteiger partial charge in [-0.05, 0) is 6.42 Å². The first-order valence-electron chi connectivity index (χ1n) is 4.99. The highest BCUT2D eigenvalue weighted by Crippen LogP contribution is 2.28. The van der Waals surface area contributed by atoms with E-state index in [9.17, 15) is 4.79 Å². The number of amides is 1. The molecule has 8 heteroatoms. The van der Waals surface area contributed by atoms with E-state index in [1.54, 1.807) is 0 Å². The van der Waals surface area contributed by atoms with Gasteiger partial charge in [-0.3, -0.25) is 4.79 Å². The van der Waals surface area contributed by atoms with Gasteiger partial charge >= 0.3 is 0 Å². The van der Waals surface area contributed by atoms with Gasteiger partial charge in [0.15, 0.2) is 8.68 Å². The summed E-state index contributed by atoms with van der Waals surface area (Å²) in [6.45, 7) is 2.72. The molecule has 0 aromatic carbocycles. The Kier molecular flexibility index (Phi) is 7.00. The summed E-state index contributed by atoms with van der Waals surface area (Å²) in [7, 11) is 0. The van der Waals surface area contributed by atoms with Crippen LogP contribution in [0.15, 0.2) is 8.68 Å². The molecule has 92 valence electrons. The van der Waals surface area contributed by atoms with Crippen LogP contribution in [0.1, 0.15) is 13.3 Å². The molecule has 17 heavy (non-hydrogen) atoms. The molecule has 0 saturated heterocycles. The van der Waals surface area contributed by atoms with Crippen molar-refractivity contribution in [2.24, 2.45) is 0 Å². The van der Waals surface area contributed by atoms with E-state index in [1.807, 2.05) is 13.0 Å². The number of nitriles is 1. The van der Waals surface area contributed by atoms with Gasteiger partial charge in [0.25, 0.3) is 0 Å². The average molecular weight is 288 g/mol. The van der Waals surface area contributed by atoms with Crippen molar-refractivity contribution < 1.29 is 4.79 Å². The number of hydrogen-bond donors (Lipinski definition) is 1. The number of rotatable bonds is 7. The molecular weight excluding hydrogens is 276 g/mol. The maximum atomic E-state index is 11.3. The van der Waals surface area contributed by atoms with E-state index >= 15 is 0 Å². The molecule has 1 rings (SSSR count). The molecule has 0 aliphatic heterocycles. The van der Waals surface area contributed by atoms with Crippen molar-refractivity contribution in [1.29, 1.82) is 5.26 Å². The molecule has 1 aromatic rings. The van der Waals surface area contributed by atoms with Gasteiger partial charge in [-0.25, -0.2) is 0 Å². The highest BCUT2D eigenvalue weighted by molar-refractivity contribution is 8.03. The fourth-order valence-electron chi connectivity index (χ4n) is 0.851. The topological polar surface area (TPSA) is 78.7 Å². The minimum Gasteiger partial charge on any atom is -0.355 e. The average Bonchev–Trinajstić information content (AvgIpc) is 2.79. The number of carbonyl (C=O) groups excluding carboxylic acids is 1. The van der Waals surface area contributed by atoms with Crippen LogP contribution < -0.4 is 5.32 Å². The number of thioether (sulfide) groups is 2. The maximum absolute atomic E-state index is 11.3. The lowest BCUT2D eigenvalue weighted by Gasteiger charge is -2.00. The summed E-state index contributed by atoms with van der Waals surface area (Å²) in [4.78, 5) is 11.3. The van der Waals surface area contributed by atoms with E-state index in [0.29, 0.717) is 18.1 Å². The number of nitrogens with zero attached hydrogens (tertiary/aromatic N) is 3. The van der Waals surface area contributed by atoms with Crippen LogP contribution in [-0.4, -0.2) is 34.2 Å². The first kappa shape index (κ1) is 14.3. The van der Waals surface area contributed by atoms with Gasteiger partial charge in [0.1, 0.15) is 0 Å². The van der Waals surface area contributed by atoms with Crippen LogP contribution in [0.25, 0.3) is 0 Å². The summed E-state index contributed by atoms with van der Waals surface area (Å²) in [5, 5.41) is 19.1. The number of nitrogens with one attached hydrogen (secondary N) is 1. The molecule has 0 bridgehead atoms. The third-order valence-corrected chi connectivity index (χ3v) is 4.60. The predicted octanol–water partition coefficient (Wildman–Crippen LogP) is 1.77. The Balaban J connectivity index is 2.29. The van der Waals surface area contributed by atoms with E-state index < -0.39 is 0 Å². The van der Waals surface area contributed by atoms with Crippen molar-refractivity contribution in [3.8, 4) is 6.07 Å². The number of hydrogen-bond acceptors (Lipinski definition) is 7. The Morgan fingerprint density at radius 3 is 2.82 bits per heavy atom. The Bertz CT molecular complexity index is 401. The fourth-order valence-corrected chi connectivity index (χ4v) is 3.36. The highest BCUT2D eigenvalue weighted by Gasteiger charge is 2.07. The summed E-state index contributed by atoms with van der Waals surface area (Å²) in [5.41, 5.74) is 0. The molecule has 0 saturated carbocycles. The molecule has 0 spiro atoms. The molecule has 0 fully saturated rings. The Morgan fingerprint density at radius 2 is 2.18 bits per heavy atom. The molecule has 0 atom stereocenters. The summed E-state index contributed by atoms with van der Waals surface area (Å²) < 4.78 is 1.53. The first-order valence-corrected chi connectivity index (χ1v) is 7.77. The first-order chi connectivity index (χ1) is 8.26. The molecule has 0 unspecified atom stereocenters. The quantitative estimate of drug-likeness (QED) is 0.770. The molecule has 0 radical (unpaired) electrons. The third kappa shape index (κ3) is 5.91. The van der Waals surface area contributed by atoms with Crippen LogP contribution in [0.4, 0.5) is 0 Å². The van der Waals surface area contributed by atoms with Gasteiger partial charge in [0.2, 0.25) is 5.91 Å². The van der Waals surface area contributed by atoms with Gasteiger partial charge in [-0.1, -0.05) is 41.8 Å². The second kappa shape index (κ2) is 8.33. The summed E-state index contributed by atoms with van der Waals surface area (Å²) in [5.74, 6) is 0.742. The van der Waals surface area contributed by atoms with Gasteiger partial charge in [-0.15, -0.1) is 10.2 Å². The highest BCUT2D eigenvalue weighted by atomic mass is 32.2. The Hall–Kier alpha value is -0.780. The summed E-state index contributed by atoms with van der Waals surface area (Å²) in [6.07, 6.45) is 0.935. The standard InChI is InChI=1S/C9H12N4OS3/c1-2-4-11-7(14)6-16-9-13-12-8(17-9)15-5-3-10/h2,4-6H2,1H3,(H,11,14). The van der Waals surface area contributed by atoms with E-state index in [1.165, 1.54) is 34.9 Å². The minimum atomic E-state index is 0.0123. The molecule has 1 heterocycles. The number of carbonyl (C=O) groups is 1. The fraction of sp³-hybridized carbons (Fsp3) is 0.556. The minimum absolute atomic E-state index is 0.0123. The zero-order valence-corrected chi connectivity index (χ0v) is 11.8. The van der Waals surface area contributed by atoms with Crippen LogP contribution in [0.5, 0.6) is 0 Å². The van der Waals surface area contributed by atoms with Crippen LogP contribution in [0, 0.1) is 11.3 Å². The van der Waals surface area contributed by atoms with Crippen molar-refractivity contribution in [3.63, 3.8) is 0 Å². The van der Waals surface area contributed by atoms with Crippen molar-refractivity contribution in [3.05, 3.63) is 0 Å². The largest absolute Gasteiger partial charge is 0.355 e. The Morgan fingerprint density at radius 1 is 1.47 bits per heavy atom. The molecule has 5 nitrogen and oxygen atoms in total. The van der Waals surface area contributed by atoms with Crippen LogP contribution in [0.2, 0.25) is 0 Å². The lowest BCUT2D eigenvalue weighted by Crippen LogP contribution is -2.25. The van der Waals surface area contributed by atoms with Crippen molar-refractivity contribution in [1.82, 2.24) is 15.5 Å². The van der Waals surface area contributed by atoms with Gasteiger partial charge in [0.05, 0.1) is 17.6 Å². The predicted molar refractivity (Wildman–Crippen MR) is 70.3 cm³/mol. The molecule has 0 aliphatic rings. The van der Waals surface area contributed by atoms with Gasteiger partial charge in [0, 0.05) is 6.54 Å². The molecule has 1 aromatic heterocycles. The Labute approximate surface area is 112 Å². The monoisotopic (exact) mass is 288 g/mol. The van der Waals surface area contributed by atoms with E-state index in [4.69, 9.17) is 5.26 Å². The lowest BCUT2D eigenvalue weighted by molar-refractivity contribution is -0.118. The van der Waals surface area contributed by atoms with Crippen molar-refractivity contribution >= 4 is 40.8 Å². The van der Waals surface area contributed by atoms with Crippen molar-refractivity contribution in [2.45, 2.75) is 22.0 Å². The molecule has 1 amide bonds. The molecule has 1 N–H and O–H groups in total. The van der Waals surface area contributed by atoms with E-state index in [2.05, 4.69) is 15.5 Å².